The first-order valence-corrected chi connectivity index (χ1v) is 8.54. The summed E-state index contributed by atoms with van der Waals surface area (Å²) in [7, 11) is 1.36. The van der Waals surface area contributed by atoms with Crippen LogP contribution in [0, 0.1) is 0 Å². The smallest absolute Gasteiger partial charge is 0.337 e. The quantitative estimate of drug-likeness (QED) is 0.833. The molecular formula is C21H22O4. The van der Waals surface area contributed by atoms with Gasteiger partial charge in [-0.15, -0.1) is 0 Å². The van der Waals surface area contributed by atoms with Gasteiger partial charge in [-0.2, -0.15) is 0 Å². The van der Waals surface area contributed by atoms with Gasteiger partial charge in [0.25, 0.3) is 0 Å². The Bertz CT molecular complexity index is 794. The molecule has 0 fully saturated rings. The molecule has 0 radical (unpaired) electrons. The van der Waals surface area contributed by atoms with Gasteiger partial charge in [0.15, 0.2) is 0 Å². The number of rotatable bonds is 5. The monoisotopic (exact) mass is 338 g/mol. The van der Waals surface area contributed by atoms with Crippen LogP contribution in [0.3, 0.4) is 0 Å². The zero-order valence-corrected chi connectivity index (χ0v) is 14.5. The Kier molecular flexibility index (Phi) is 4.62. The van der Waals surface area contributed by atoms with E-state index in [0.717, 1.165) is 23.1 Å². The molecule has 2 aromatic carbocycles. The van der Waals surface area contributed by atoms with Crippen molar-refractivity contribution in [3.05, 3.63) is 70.8 Å². The topological polar surface area (TPSA) is 63.6 Å². The lowest BCUT2D eigenvalue weighted by molar-refractivity contribution is -0.144. The molecule has 25 heavy (non-hydrogen) atoms. The second kappa shape index (κ2) is 6.71. The molecule has 0 unspecified atom stereocenters. The zero-order valence-electron chi connectivity index (χ0n) is 14.5. The predicted octanol–water partition coefficient (Wildman–Crippen LogP) is 4.13. The molecule has 2 aromatic rings. The van der Waals surface area contributed by atoms with Crippen molar-refractivity contribution in [2.45, 2.75) is 37.5 Å². The molecule has 0 saturated carbocycles. The SMILES string of the molecule is CCC[C@]1(C(=O)O)C[C@@H](c2ccc(C(=O)OC)cc2)c2ccccc21. The van der Waals surface area contributed by atoms with E-state index >= 15 is 0 Å². The molecule has 0 bridgehead atoms. The molecule has 0 spiro atoms. The Labute approximate surface area is 147 Å². The molecule has 0 heterocycles. The van der Waals surface area contributed by atoms with Crippen molar-refractivity contribution in [2.24, 2.45) is 0 Å². The normalized spacial score (nSPS) is 21.6. The fourth-order valence-corrected chi connectivity index (χ4v) is 4.04. The van der Waals surface area contributed by atoms with E-state index in [1.54, 1.807) is 12.1 Å². The Morgan fingerprint density at radius 2 is 1.84 bits per heavy atom. The van der Waals surface area contributed by atoms with Crippen LogP contribution in [0.1, 0.15) is 59.2 Å². The van der Waals surface area contributed by atoms with Crippen molar-refractivity contribution in [3.63, 3.8) is 0 Å². The highest BCUT2D eigenvalue weighted by atomic mass is 16.5. The van der Waals surface area contributed by atoms with Crippen molar-refractivity contribution in [2.75, 3.05) is 7.11 Å². The van der Waals surface area contributed by atoms with Crippen LogP contribution < -0.4 is 0 Å². The number of benzene rings is 2. The van der Waals surface area contributed by atoms with E-state index in [1.165, 1.54) is 7.11 Å². The third-order valence-corrected chi connectivity index (χ3v) is 5.22. The number of hydrogen-bond acceptors (Lipinski definition) is 3. The lowest BCUT2D eigenvalue weighted by Gasteiger charge is -2.25. The molecule has 0 saturated heterocycles. The summed E-state index contributed by atoms with van der Waals surface area (Å²) in [4.78, 5) is 23.8. The van der Waals surface area contributed by atoms with Crippen molar-refractivity contribution in [1.29, 1.82) is 0 Å². The molecule has 3 rings (SSSR count). The first-order chi connectivity index (χ1) is 12.0. The summed E-state index contributed by atoms with van der Waals surface area (Å²) in [6.45, 7) is 2.02. The Balaban J connectivity index is 2.04. The molecule has 2 atom stereocenters. The molecule has 0 aliphatic heterocycles. The Morgan fingerprint density at radius 1 is 1.16 bits per heavy atom. The van der Waals surface area contributed by atoms with Gasteiger partial charge in [-0.3, -0.25) is 4.79 Å². The van der Waals surface area contributed by atoms with Crippen LogP contribution in [0.2, 0.25) is 0 Å². The second-order valence-electron chi connectivity index (χ2n) is 6.59. The molecule has 130 valence electrons. The van der Waals surface area contributed by atoms with E-state index in [2.05, 4.69) is 0 Å². The zero-order chi connectivity index (χ0) is 18.0. The van der Waals surface area contributed by atoms with Gasteiger partial charge in [-0.05, 0) is 41.7 Å². The van der Waals surface area contributed by atoms with E-state index in [4.69, 9.17) is 4.74 Å². The second-order valence-corrected chi connectivity index (χ2v) is 6.59. The minimum Gasteiger partial charge on any atom is -0.481 e. The van der Waals surface area contributed by atoms with E-state index in [9.17, 15) is 14.7 Å². The number of hydrogen-bond donors (Lipinski definition) is 1. The van der Waals surface area contributed by atoms with E-state index in [-0.39, 0.29) is 11.9 Å². The standard InChI is InChI=1S/C21H22O4/c1-3-12-21(20(23)24)13-17(16-6-4-5-7-18(16)21)14-8-10-15(11-9-14)19(22)25-2/h4-11,17H,3,12-13H2,1-2H3,(H,23,24)/t17-,21-/m0/s1. The van der Waals surface area contributed by atoms with Gasteiger partial charge in [0, 0.05) is 5.92 Å². The van der Waals surface area contributed by atoms with Crippen LogP contribution in [0.5, 0.6) is 0 Å². The third-order valence-electron chi connectivity index (χ3n) is 5.22. The van der Waals surface area contributed by atoms with Gasteiger partial charge in [0.05, 0.1) is 18.1 Å². The van der Waals surface area contributed by atoms with Crippen molar-refractivity contribution < 1.29 is 19.4 Å². The lowest BCUT2D eigenvalue weighted by Crippen LogP contribution is -2.33. The fourth-order valence-electron chi connectivity index (χ4n) is 4.04. The number of ether oxygens (including phenoxy) is 1. The van der Waals surface area contributed by atoms with Crippen molar-refractivity contribution in [1.82, 2.24) is 0 Å². The molecular weight excluding hydrogens is 316 g/mol. The fraction of sp³-hybridized carbons (Fsp3) is 0.333. The minimum absolute atomic E-state index is 0.0190. The van der Waals surface area contributed by atoms with Crippen LogP contribution in [0.25, 0.3) is 0 Å². The highest BCUT2D eigenvalue weighted by molar-refractivity contribution is 5.89. The number of carbonyl (C=O) groups excluding carboxylic acids is 1. The number of carboxylic acid groups (broad SMARTS) is 1. The summed E-state index contributed by atoms with van der Waals surface area (Å²) in [5.74, 6) is -1.11. The number of methoxy groups -OCH3 is 1. The van der Waals surface area contributed by atoms with Crippen LogP contribution >= 0.6 is 0 Å². The van der Waals surface area contributed by atoms with Gasteiger partial charge in [-0.1, -0.05) is 49.7 Å². The maximum atomic E-state index is 12.2. The van der Waals surface area contributed by atoms with E-state index in [0.29, 0.717) is 18.4 Å². The minimum atomic E-state index is -0.836. The predicted molar refractivity (Wildman–Crippen MR) is 94.9 cm³/mol. The summed E-state index contributed by atoms with van der Waals surface area (Å²) in [5, 5.41) is 9.99. The number of fused-ring (bicyclic) bond motifs is 1. The molecule has 1 aliphatic carbocycles. The summed E-state index contributed by atoms with van der Waals surface area (Å²) in [6, 6.07) is 15.1. The molecule has 0 amide bonds. The highest BCUT2D eigenvalue weighted by Gasteiger charge is 2.48. The van der Waals surface area contributed by atoms with Gasteiger partial charge >= 0.3 is 11.9 Å². The Morgan fingerprint density at radius 3 is 2.44 bits per heavy atom. The van der Waals surface area contributed by atoms with Crippen molar-refractivity contribution in [3.8, 4) is 0 Å². The lowest BCUT2D eigenvalue weighted by atomic mass is 9.77. The van der Waals surface area contributed by atoms with Gasteiger partial charge in [0.2, 0.25) is 0 Å². The summed E-state index contributed by atoms with van der Waals surface area (Å²) < 4.78 is 4.74. The first kappa shape index (κ1) is 17.2. The first-order valence-electron chi connectivity index (χ1n) is 8.54. The number of carboxylic acids is 1. The molecule has 1 N–H and O–H groups in total. The molecule has 0 aromatic heterocycles. The van der Waals surface area contributed by atoms with Gasteiger partial charge in [0.1, 0.15) is 0 Å². The largest absolute Gasteiger partial charge is 0.481 e. The summed E-state index contributed by atoms with van der Waals surface area (Å²) in [5.41, 5.74) is 2.68. The molecule has 1 aliphatic rings. The van der Waals surface area contributed by atoms with E-state index in [1.807, 2.05) is 43.3 Å². The highest BCUT2D eigenvalue weighted by Crippen LogP contribution is 2.51. The Hall–Kier alpha value is -2.62. The number of carbonyl (C=O) groups is 2. The van der Waals surface area contributed by atoms with Crippen LogP contribution in [0.15, 0.2) is 48.5 Å². The average Bonchev–Trinajstić information content (AvgIpc) is 2.98. The van der Waals surface area contributed by atoms with Crippen LogP contribution in [-0.4, -0.2) is 24.2 Å². The maximum Gasteiger partial charge on any atom is 0.337 e. The third kappa shape index (κ3) is 2.82. The summed E-state index contributed by atoms with van der Waals surface area (Å²) >= 11 is 0. The van der Waals surface area contributed by atoms with Gasteiger partial charge < -0.3 is 9.84 Å². The van der Waals surface area contributed by atoms with E-state index < -0.39 is 11.4 Å². The van der Waals surface area contributed by atoms with Gasteiger partial charge in [-0.25, -0.2) is 4.79 Å². The van der Waals surface area contributed by atoms with Crippen LogP contribution in [0.4, 0.5) is 0 Å². The average molecular weight is 338 g/mol. The maximum absolute atomic E-state index is 12.2. The number of esters is 1. The molecule has 4 nitrogen and oxygen atoms in total. The summed E-state index contributed by atoms with van der Waals surface area (Å²) in [6.07, 6.45) is 1.98. The van der Waals surface area contributed by atoms with Crippen LogP contribution in [-0.2, 0) is 14.9 Å². The molecule has 4 heteroatoms. The number of aliphatic carboxylic acids is 1. The van der Waals surface area contributed by atoms with Crippen molar-refractivity contribution >= 4 is 11.9 Å².